The molecule has 1 fully saturated rings. The van der Waals surface area contributed by atoms with Crippen LogP contribution in [0.1, 0.15) is 22.6 Å². The lowest BCUT2D eigenvalue weighted by molar-refractivity contribution is 0.122. The molecule has 3 aromatic carbocycles. The number of morpholine rings is 1. The molecule has 9 rings (SSSR count). The van der Waals surface area contributed by atoms with Crippen molar-refractivity contribution in [2.45, 2.75) is 5.92 Å². The molecule has 212 valence electrons. The molecule has 11 nitrogen and oxygen atoms in total. The van der Waals surface area contributed by atoms with E-state index in [1.54, 1.807) is 16.9 Å². The zero-order chi connectivity index (χ0) is 28.5. The molecule has 1 atom stereocenters. The van der Waals surface area contributed by atoms with Gasteiger partial charge in [0.15, 0.2) is 28.7 Å². The Morgan fingerprint density at radius 2 is 1.72 bits per heavy atom. The summed E-state index contributed by atoms with van der Waals surface area (Å²) in [5, 5.41) is 5.42. The number of hydrogen-bond acceptors (Lipinski definition) is 10. The van der Waals surface area contributed by atoms with Crippen LogP contribution < -0.4 is 24.7 Å². The maximum atomic E-state index is 13.7. The van der Waals surface area contributed by atoms with Crippen molar-refractivity contribution in [2.24, 2.45) is 0 Å². The number of anilines is 1. The van der Waals surface area contributed by atoms with Gasteiger partial charge in [0.1, 0.15) is 11.9 Å². The summed E-state index contributed by atoms with van der Waals surface area (Å²) < 4.78 is 30.4. The van der Waals surface area contributed by atoms with Gasteiger partial charge in [0.05, 0.1) is 35.6 Å². The second-order valence-corrected chi connectivity index (χ2v) is 10.6. The van der Waals surface area contributed by atoms with E-state index >= 15 is 0 Å². The molecule has 0 bridgehead atoms. The standard InChI is InChI=1S/C32H23N5O6/c38-32-26-25(18-5-8-20(9-6-18)36-11-13-39-14-12-36)27-30-34-29(19-7-10-23-24(15-19)41-17-40-23)35-37(30)16-33-31(27)43-28(26)21-3-1-2-4-22(21)42-32/h1-10,15-16,25H,11-14,17H2. The van der Waals surface area contributed by atoms with E-state index in [4.69, 9.17) is 33.4 Å². The van der Waals surface area contributed by atoms with Crippen LogP contribution in [0.25, 0.3) is 28.0 Å². The zero-order valence-corrected chi connectivity index (χ0v) is 22.7. The van der Waals surface area contributed by atoms with Gasteiger partial charge in [-0.2, -0.15) is 0 Å². The van der Waals surface area contributed by atoms with Crippen molar-refractivity contribution >= 4 is 22.3 Å². The lowest BCUT2D eigenvalue weighted by Crippen LogP contribution is -2.36. The summed E-state index contributed by atoms with van der Waals surface area (Å²) in [5.74, 6) is 2.03. The smallest absolute Gasteiger partial charge is 0.344 e. The number of hydrogen-bond donors (Lipinski definition) is 0. The minimum Gasteiger partial charge on any atom is -0.454 e. The summed E-state index contributed by atoms with van der Waals surface area (Å²) >= 11 is 0. The lowest BCUT2D eigenvalue weighted by Gasteiger charge is -2.30. The van der Waals surface area contributed by atoms with Crippen LogP contribution in [0.3, 0.4) is 0 Å². The zero-order valence-electron chi connectivity index (χ0n) is 22.7. The number of ether oxygens (including phenoxy) is 4. The van der Waals surface area contributed by atoms with Crippen LogP contribution in [0, 0.1) is 0 Å². The highest BCUT2D eigenvalue weighted by atomic mass is 16.7. The van der Waals surface area contributed by atoms with Gasteiger partial charge >= 0.3 is 5.63 Å². The van der Waals surface area contributed by atoms with Gasteiger partial charge in [-0.15, -0.1) is 5.10 Å². The van der Waals surface area contributed by atoms with Gasteiger partial charge in [0, 0.05) is 24.3 Å². The molecule has 3 aromatic heterocycles. The van der Waals surface area contributed by atoms with Crippen LogP contribution in [0.15, 0.2) is 82.3 Å². The lowest BCUT2D eigenvalue weighted by atomic mass is 9.84. The molecule has 11 heteroatoms. The SMILES string of the molecule is O=c1oc2ccccc2c2c1C(c1ccc(N3CCOCC3)cc1)c1c(ncn3nc(-c4ccc5c(c4)OCO5)nc13)O2. The van der Waals surface area contributed by atoms with Gasteiger partial charge in [-0.1, -0.05) is 24.3 Å². The van der Waals surface area contributed by atoms with Crippen LogP contribution in [0.2, 0.25) is 0 Å². The van der Waals surface area contributed by atoms with Crippen molar-refractivity contribution in [1.29, 1.82) is 0 Å². The van der Waals surface area contributed by atoms with Crippen LogP contribution >= 0.6 is 0 Å². The fraction of sp³-hybridized carbons (Fsp3) is 0.188. The highest BCUT2D eigenvalue weighted by molar-refractivity contribution is 5.87. The average Bonchev–Trinajstić information content (AvgIpc) is 3.71. The van der Waals surface area contributed by atoms with Crippen molar-refractivity contribution in [1.82, 2.24) is 19.6 Å². The third-order valence-corrected chi connectivity index (χ3v) is 8.20. The molecule has 6 aromatic rings. The number of rotatable bonds is 3. The molecule has 0 N–H and O–H groups in total. The third-order valence-electron chi connectivity index (χ3n) is 8.20. The first-order valence-electron chi connectivity index (χ1n) is 14.0. The Kier molecular flexibility index (Phi) is 5.23. The summed E-state index contributed by atoms with van der Waals surface area (Å²) in [4.78, 5) is 25.6. The Morgan fingerprint density at radius 1 is 0.884 bits per heavy atom. The third kappa shape index (κ3) is 3.78. The summed E-state index contributed by atoms with van der Waals surface area (Å²) in [6, 6.07) is 21.2. The molecule has 3 aliphatic rings. The highest BCUT2D eigenvalue weighted by Crippen LogP contribution is 2.49. The first-order valence-corrected chi connectivity index (χ1v) is 14.0. The Morgan fingerprint density at radius 3 is 2.60 bits per heavy atom. The summed E-state index contributed by atoms with van der Waals surface area (Å²) in [5.41, 5.74) is 4.27. The second kappa shape index (κ2) is 9.30. The quantitative estimate of drug-likeness (QED) is 0.275. The molecule has 6 heterocycles. The molecule has 0 spiro atoms. The summed E-state index contributed by atoms with van der Waals surface area (Å²) in [7, 11) is 0. The first kappa shape index (κ1) is 24.2. The van der Waals surface area contributed by atoms with E-state index in [0.29, 0.717) is 69.9 Å². The predicted octanol–water partition coefficient (Wildman–Crippen LogP) is 4.75. The molecular weight excluding hydrogens is 550 g/mol. The van der Waals surface area contributed by atoms with Crippen molar-refractivity contribution in [3.8, 4) is 34.5 Å². The minimum absolute atomic E-state index is 0.175. The van der Waals surface area contributed by atoms with E-state index in [-0.39, 0.29) is 6.79 Å². The second-order valence-electron chi connectivity index (χ2n) is 10.6. The van der Waals surface area contributed by atoms with Gasteiger partial charge < -0.3 is 28.3 Å². The van der Waals surface area contributed by atoms with Gasteiger partial charge in [-0.25, -0.2) is 19.3 Å². The maximum absolute atomic E-state index is 13.7. The summed E-state index contributed by atoms with van der Waals surface area (Å²) in [6.07, 6.45) is 1.58. The van der Waals surface area contributed by atoms with Crippen LogP contribution in [0.5, 0.6) is 23.1 Å². The van der Waals surface area contributed by atoms with E-state index in [1.807, 2.05) is 48.5 Å². The number of nitrogens with zero attached hydrogens (tertiary/aromatic N) is 5. The van der Waals surface area contributed by atoms with Gasteiger partial charge in [-0.05, 0) is 48.0 Å². The van der Waals surface area contributed by atoms with Crippen LogP contribution in [-0.2, 0) is 4.74 Å². The minimum atomic E-state index is -0.566. The Bertz CT molecular complexity index is 2120. The Balaban J connectivity index is 1.25. The van der Waals surface area contributed by atoms with Gasteiger partial charge in [-0.3, -0.25) is 0 Å². The number of fused-ring (bicyclic) bond motifs is 7. The van der Waals surface area contributed by atoms with E-state index in [1.165, 1.54) is 0 Å². The van der Waals surface area contributed by atoms with Crippen molar-refractivity contribution in [3.63, 3.8) is 0 Å². The molecule has 0 aliphatic carbocycles. The predicted molar refractivity (Wildman–Crippen MR) is 155 cm³/mol. The van der Waals surface area contributed by atoms with Crippen molar-refractivity contribution in [2.75, 3.05) is 38.0 Å². The van der Waals surface area contributed by atoms with Crippen LogP contribution in [0.4, 0.5) is 5.69 Å². The van der Waals surface area contributed by atoms with E-state index in [0.717, 1.165) is 29.9 Å². The van der Waals surface area contributed by atoms with Crippen molar-refractivity contribution < 1.29 is 23.4 Å². The summed E-state index contributed by atoms with van der Waals surface area (Å²) in [6.45, 7) is 3.21. The molecule has 3 aliphatic heterocycles. The first-order chi connectivity index (χ1) is 21.2. The molecular formula is C32H23N5O6. The number of benzene rings is 3. The number of aromatic nitrogens is 4. The number of para-hydroxylation sites is 1. The average molecular weight is 574 g/mol. The fourth-order valence-electron chi connectivity index (χ4n) is 6.12. The van der Waals surface area contributed by atoms with Crippen molar-refractivity contribution in [3.05, 3.63) is 100 Å². The van der Waals surface area contributed by atoms with E-state index in [2.05, 4.69) is 22.0 Å². The highest BCUT2D eigenvalue weighted by Gasteiger charge is 2.37. The van der Waals surface area contributed by atoms with Gasteiger partial charge in [0.2, 0.25) is 12.7 Å². The Labute approximate surface area is 243 Å². The molecule has 1 unspecified atom stereocenters. The molecule has 43 heavy (non-hydrogen) atoms. The molecule has 0 saturated carbocycles. The van der Waals surface area contributed by atoms with E-state index < -0.39 is 11.5 Å². The largest absolute Gasteiger partial charge is 0.454 e. The monoisotopic (exact) mass is 573 g/mol. The molecule has 0 amide bonds. The normalized spacial score (nSPS) is 17.1. The Hall–Kier alpha value is -5.42. The van der Waals surface area contributed by atoms with Crippen LogP contribution in [-0.4, -0.2) is 52.7 Å². The topological polar surface area (TPSA) is 113 Å². The van der Waals surface area contributed by atoms with E-state index in [9.17, 15) is 4.79 Å². The van der Waals surface area contributed by atoms with Gasteiger partial charge in [0.25, 0.3) is 0 Å². The maximum Gasteiger partial charge on any atom is 0.344 e. The molecule has 0 radical (unpaired) electrons. The molecule has 1 saturated heterocycles. The fourth-order valence-corrected chi connectivity index (χ4v) is 6.12.